The van der Waals surface area contributed by atoms with Gasteiger partial charge < -0.3 is 5.32 Å². The van der Waals surface area contributed by atoms with Crippen molar-refractivity contribution < 1.29 is 0 Å². The lowest BCUT2D eigenvalue weighted by Crippen LogP contribution is -2.27. The molecule has 1 heteroatoms. The van der Waals surface area contributed by atoms with Gasteiger partial charge >= 0.3 is 0 Å². The molecule has 2 aliphatic rings. The van der Waals surface area contributed by atoms with Crippen molar-refractivity contribution in [1.82, 2.24) is 0 Å². The number of benzene rings is 1. The van der Waals surface area contributed by atoms with Crippen molar-refractivity contribution in [1.29, 1.82) is 0 Å². The van der Waals surface area contributed by atoms with Gasteiger partial charge in [0.05, 0.1) is 0 Å². The van der Waals surface area contributed by atoms with Crippen molar-refractivity contribution in [3.63, 3.8) is 0 Å². The topological polar surface area (TPSA) is 12.0 Å². The van der Waals surface area contributed by atoms with Gasteiger partial charge in [0.2, 0.25) is 0 Å². The highest BCUT2D eigenvalue weighted by molar-refractivity contribution is 5.73. The predicted octanol–water partition coefficient (Wildman–Crippen LogP) is 3.44. The third kappa shape index (κ3) is 1.24. The number of rotatable bonds is 0. The molecule has 1 fully saturated rings. The summed E-state index contributed by atoms with van der Waals surface area (Å²) in [4.78, 5) is 0. The van der Waals surface area contributed by atoms with E-state index < -0.39 is 0 Å². The summed E-state index contributed by atoms with van der Waals surface area (Å²) in [5.41, 5.74) is 4.28. The van der Waals surface area contributed by atoms with E-state index in [0.29, 0.717) is 6.04 Å². The van der Waals surface area contributed by atoms with Gasteiger partial charge in [-0.15, -0.1) is 0 Å². The van der Waals surface area contributed by atoms with Crippen LogP contribution >= 0.6 is 0 Å². The number of fused-ring (bicyclic) bond motifs is 2. The number of para-hydroxylation sites is 1. The van der Waals surface area contributed by atoms with Crippen LogP contribution in [0.1, 0.15) is 31.2 Å². The fraction of sp³-hybridized carbons (Fsp3) is 0.385. The Bertz CT molecular complexity index is 379. The van der Waals surface area contributed by atoms with E-state index in [0.717, 1.165) is 0 Å². The number of nitrogens with one attached hydrogen (secondary N) is 1. The van der Waals surface area contributed by atoms with E-state index in [-0.39, 0.29) is 0 Å². The lowest BCUT2D eigenvalue weighted by molar-refractivity contribution is 0.558. The second-order valence-electron chi connectivity index (χ2n) is 4.25. The molecule has 1 aromatic rings. The number of hydrogen-bond donors (Lipinski definition) is 1. The molecular formula is C13H15N. The van der Waals surface area contributed by atoms with Gasteiger partial charge in [-0.1, -0.05) is 30.7 Å². The summed E-state index contributed by atoms with van der Waals surface area (Å²) in [6.07, 6.45) is 7.71. The monoisotopic (exact) mass is 185 g/mol. The lowest BCUT2D eigenvalue weighted by atomic mass is 9.86. The lowest BCUT2D eigenvalue weighted by Gasteiger charge is -2.31. The van der Waals surface area contributed by atoms with Crippen LogP contribution in [0.2, 0.25) is 0 Å². The molecule has 3 rings (SSSR count). The second-order valence-corrected chi connectivity index (χ2v) is 4.25. The maximum Gasteiger partial charge on any atom is 0.0477 e. The Morgan fingerprint density at radius 2 is 2.07 bits per heavy atom. The van der Waals surface area contributed by atoms with Crippen LogP contribution < -0.4 is 5.32 Å². The summed E-state index contributed by atoms with van der Waals surface area (Å²) >= 11 is 0. The van der Waals surface area contributed by atoms with Crippen LogP contribution in [0.5, 0.6) is 0 Å². The van der Waals surface area contributed by atoms with Crippen LogP contribution in [-0.4, -0.2) is 6.04 Å². The molecule has 1 heterocycles. The Kier molecular flexibility index (Phi) is 1.83. The molecule has 1 aromatic carbocycles. The molecule has 0 bridgehead atoms. The van der Waals surface area contributed by atoms with Gasteiger partial charge in [-0.2, -0.15) is 0 Å². The highest BCUT2D eigenvalue weighted by Crippen LogP contribution is 2.34. The van der Waals surface area contributed by atoms with E-state index in [2.05, 4.69) is 35.7 Å². The molecule has 1 saturated carbocycles. The van der Waals surface area contributed by atoms with E-state index in [9.17, 15) is 0 Å². The van der Waals surface area contributed by atoms with Crippen LogP contribution in [0.4, 0.5) is 5.69 Å². The molecule has 1 unspecified atom stereocenters. The van der Waals surface area contributed by atoms with Crippen LogP contribution in [0.15, 0.2) is 29.8 Å². The standard InChI is InChI=1S/C13H15N/c1-3-7-12-10(5-1)9-11-6-2-4-8-13(11)14-12/h1,3,5,7,9,13-14H,2,4,6,8H2. The maximum atomic E-state index is 3.63. The summed E-state index contributed by atoms with van der Waals surface area (Å²) in [5, 5.41) is 3.63. The summed E-state index contributed by atoms with van der Waals surface area (Å²) in [5.74, 6) is 0. The van der Waals surface area contributed by atoms with Crippen LogP contribution in [0, 0.1) is 0 Å². The van der Waals surface area contributed by atoms with Crippen LogP contribution in [0.25, 0.3) is 6.08 Å². The Labute approximate surface area is 84.8 Å². The zero-order valence-electron chi connectivity index (χ0n) is 8.29. The van der Waals surface area contributed by atoms with Crippen molar-refractivity contribution in [3.8, 4) is 0 Å². The SMILES string of the molecule is C1=C2CCCCC2Nc2ccccc21. The number of anilines is 1. The van der Waals surface area contributed by atoms with E-state index in [1.54, 1.807) is 5.57 Å². The normalized spacial score (nSPS) is 24.3. The summed E-state index contributed by atoms with van der Waals surface area (Å²) < 4.78 is 0. The van der Waals surface area contributed by atoms with Gasteiger partial charge in [0, 0.05) is 11.7 Å². The Balaban J connectivity index is 2.03. The Morgan fingerprint density at radius 3 is 3.07 bits per heavy atom. The average Bonchev–Trinajstić information content (AvgIpc) is 2.26. The average molecular weight is 185 g/mol. The molecule has 1 aliphatic carbocycles. The minimum Gasteiger partial charge on any atom is -0.378 e. The zero-order chi connectivity index (χ0) is 9.38. The quantitative estimate of drug-likeness (QED) is 0.653. The van der Waals surface area contributed by atoms with E-state index in [1.807, 2.05) is 0 Å². The molecule has 0 saturated heterocycles. The summed E-state index contributed by atoms with van der Waals surface area (Å²) in [6.45, 7) is 0. The fourth-order valence-electron chi connectivity index (χ4n) is 2.52. The van der Waals surface area contributed by atoms with Crippen molar-refractivity contribution in [2.45, 2.75) is 31.7 Å². The Hall–Kier alpha value is -1.24. The highest BCUT2D eigenvalue weighted by atomic mass is 14.9. The molecule has 1 aliphatic heterocycles. The third-order valence-electron chi connectivity index (χ3n) is 3.29. The fourth-order valence-corrected chi connectivity index (χ4v) is 2.52. The predicted molar refractivity (Wildman–Crippen MR) is 60.3 cm³/mol. The molecule has 1 nitrogen and oxygen atoms in total. The van der Waals surface area contributed by atoms with Gasteiger partial charge in [-0.05, 0) is 36.5 Å². The molecule has 1 N–H and O–H groups in total. The van der Waals surface area contributed by atoms with Crippen LogP contribution in [-0.2, 0) is 0 Å². The first-order valence-electron chi connectivity index (χ1n) is 5.49. The maximum absolute atomic E-state index is 3.63. The molecule has 0 spiro atoms. The summed E-state index contributed by atoms with van der Waals surface area (Å²) in [6, 6.07) is 9.21. The third-order valence-corrected chi connectivity index (χ3v) is 3.29. The van der Waals surface area contributed by atoms with E-state index in [4.69, 9.17) is 0 Å². The molecule has 1 atom stereocenters. The van der Waals surface area contributed by atoms with Gasteiger partial charge in [-0.25, -0.2) is 0 Å². The van der Waals surface area contributed by atoms with Crippen molar-refractivity contribution in [2.24, 2.45) is 0 Å². The van der Waals surface area contributed by atoms with Gasteiger partial charge in [-0.3, -0.25) is 0 Å². The van der Waals surface area contributed by atoms with Gasteiger partial charge in [0.25, 0.3) is 0 Å². The molecular weight excluding hydrogens is 170 g/mol. The van der Waals surface area contributed by atoms with Crippen molar-refractivity contribution >= 4 is 11.8 Å². The summed E-state index contributed by atoms with van der Waals surface area (Å²) in [7, 11) is 0. The molecule has 0 radical (unpaired) electrons. The minimum absolute atomic E-state index is 0.624. The largest absolute Gasteiger partial charge is 0.378 e. The van der Waals surface area contributed by atoms with E-state index >= 15 is 0 Å². The first kappa shape index (κ1) is 8.10. The first-order chi connectivity index (χ1) is 6.93. The molecule has 72 valence electrons. The molecule has 14 heavy (non-hydrogen) atoms. The van der Waals surface area contributed by atoms with Gasteiger partial charge in [0.1, 0.15) is 0 Å². The molecule has 0 amide bonds. The molecule has 0 aromatic heterocycles. The smallest absolute Gasteiger partial charge is 0.0477 e. The van der Waals surface area contributed by atoms with Crippen molar-refractivity contribution in [3.05, 3.63) is 35.4 Å². The van der Waals surface area contributed by atoms with Crippen LogP contribution in [0.3, 0.4) is 0 Å². The highest BCUT2D eigenvalue weighted by Gasteiger charge is 2.22. The number of hydrogen-bond acceptors (Lipinski definition) is 1. The van der Waals surface area contributed by atoms with Crippen molar-refractivity contribution in [2.75, 3.05) is 5.32 Å². The van der Waals surface area contributed by atoms with Gasteiger partial charge in [0.15, 0.2) is 0 Å². The minimum atomic E-state index is 0.624. The second kappa shape index (κ2) is 3.16. The van der Waals surface area contributed by atoms with E-state index in [1.165, 1.54) is 36.9 Å². The Morgan fingerprint density at radius 1 is 1.14 bits per heavy atom. The zero-order valence-corrected chi connectivity index (χ0v) is 8.29. The first-order valence-corrected chi connectivity index (χ1v) is 5.49.